The Balaban J connectivity index is 1.40. The quantitative estimate of drug-likeness (QED) is 0.421. The number of nitrogens with zero attached hydrogens (tertiary/aromatic N) is 3. The number of ether oxygens (including phenoxy) is 1. The molecule has 5 rings (SSSR count). The molecule has 1 aliphatic heterocycles. The highest BCUT2D eigenvalue weighted by atomic mass is 19.1. The third-order valence-corrected chi connectivity index (χ3v) is 6.54. The largest absolute Gasteiger partial charge is 0.490 e. The Kier molecular flexibility index (Phi) is 6.26. The molecule has 0 saturated carbocycles. The molecule has 2 heterocycles. The highest BCUT2D eigenvalue weighted by Gasteiger charge is 2.36. The van der Waals surface area contributed by atoms with Crippen molar-refractivity contribution < 1.29 is 19.0 Å². The molecule has 1 aliphatic rings. The van der Waals surface area contributed by atoms with Crippen molar-refractivity contribution in [3.8, 4) is 5.75 Å². The summed E-state index contributed by atoms with van der Waals surface area (Å²) in [4.78, 5) is 19.1. The summed E-state index contributed by atoms with van der Waals surface area (Å²) in [6.45, 7) is 4.69. The Bertz CT molecular complexity index is 1360. The van der Waals surface area contributed by atoms with Crippen LogP contribution in [0.5, 0.6) is 5.75 Å². The standard InChI is InChI=1S/C28H28FN3O3/c1-18-8-7-9-19(2)27(18)35-17-21(33)16-32-25-13-6-4-11-23(25)30-28(32)20-14-26(34)31(15-20)24-12-5-3-10-22(24)29/h3-13,20-21,33H,14-17H2,1-2H3/t20-,21-/m1/s1. The van der Waals surface area contributed by atoms with Crippen molar-refractivity contribution in [3.05, 3.63) is 89.5 Å². The Morgan fingerprint density at radius 2 is 1.77 bits per heavy atom. The van der Waals surface area contributed by atoms with Gasteiger partial charge in [0.15, 0.2) is 0 Å². The molecule has 1 aromatic heterocycles. The first-order valence-corrected chi connectivity index (χ1v) is 11.8. The molecule has 1 amide bonds. The highest BCUT2D eigenvalue weighted by molar-refractivity contribution is 5.96. The molecule has 35 heavy (non-hydrogen) atoms. The number of amides is 1. The summed E-state index contributed by atoms with van der Waals surface area (Å²) in [7, 11) is 0. The first-order valence-electron chi connectivity index (χ1n) is 11.8. The van der Waals surface area contributed by atoms with Crippen LogP contribution in [0.25, 0.3) is 11.0 Å². The van der Waals surface area contributed by atoms with Gasteiger partial charge in [0.25, 0.3) is 0 Å². The van der Waals surface area contributed by atoms with Gasteiger partial charge in [0.2, 0.25) is 5.91 Å². The fourth-order valence-electron chi connectivity index (χ4n) is 4.85. The number of fused-ring (bicyclic) bond motifs is 1. The van der Waals surface area contributed by atoms with E-state index in [0.717, 1.165) is 27.9 Å². The van der Waals surface area contributed by atoms with Gasteiger partial charge in [-0.25, -0.2) is 9.37 Å². The van der Waals surface area contributed by atoms with Gasteiger partial charge in [-0.3, -0.25) is 4.79 Å². The van der Waals surface area contributed by atoms with Crippen LogP contribution in [0.3, 0.4) is 0 Å². The lowest BCUT2D eigenvalue weighted by Gasteiger charge is -2.20. The van der Waals surface area contributed by atoms with E-state index < -0.39 is 11.9 Å². The molecular formula is C28H28FN3O3. The molecule has 0 radical (unpaired) electrons. The third kappa shape index (κ3) is 4.51. The van der Waals surface area contributed by atoms with Crippen LogP contribution in [0.4, 0.5) is 10.1 Å². The lowest BCUT2D eigenvalue weighted by atomic mass is 10.1. The normalized spacial score (nSPS) is 16.7. The van der Waals surface area contributed by atoms with Crippen molar-refractivity contribution in [1.29, 1.82) is 0 Å². The average molecular weight is 474 g/mol. The number of benzene rings is 3. The van der Waals surface area contributed by atoms with Crippen LogP contribution in [0.1, 0.15) is 29.3 Å². The number of carbonyl (C=O) groups excluding carboxylic acids is 1. The van der Waals surface area contributed by atoms with Gasteiger partial charge in [-0.1, -0.05) is 42.5 Å². The van der Waals surface area contributed by atoms with E-state index in [1.807, 2.05) is 60.9 Å². The first kappa shape index (κ1) is 23.1. The van der Waals surface area contributed by atoms with E-state index >= 15 is 0 Å². The van der Waals surface area contributed by atoms with Gasteiger partial charge in [-0.05, 0) is 49.2 Å². The number of hydrogen-bond acceptors (Lipinski definition) is 4. The van der Waals surface area contributed by atoms with Crippen LogP contribution in [-0.2, 0) is 11.3 Å². The molecule has 6 nitrogen and oxygen atoms in total. The van der Waals surface area contributed by atoms with E-state index in [2.05, 4.69) is 0 Å². The second kappa shape index (κ2) is 9.50. The Morgan fingerprint density at radius 3 is 2.54 bits per heavy atom. The van der Waals surface area contributed by atoms with Gasteiger partial charge in [-0.15, -0.1) is 0 Å². The molecule has 1 fully saturated rings. The smallest absolute Gasteiger partial charge is 0.227 e. The summed E-state index contributed by atoms with van der Waals surface area (Å²) in [5, 5.41) is 10.9. The molecule has 0 aliphatic carbocycles. The Hall–Kier alpha value is -3.71. The number of hydrogen-bond donors (Lipinski definition) is 1. The van der Waals surface area contributed by atoms with Crippen molar-refractivity contribution >= 4 is 22.6 Å². The zero-order valence-electron chi connectivity index (χ0n) is 19.8. The zero-order valence-corrected chi connectivity index (χ0v) is 19.8. The highest BCUT2D eigenvalue weighted by Crippen LogP contribution is 2.34. The summed E-state index contributed by atoms with van der Waals surface area (Å²) < 4.78 is 22.3. The molecule has 1 N–H and O–H groups in total. The van der Waals surface area contributed by atoms with E-state index in [1.54, 1.807) is 18.2 Å². The van der Waals surface area contributed by atoms with Crippen LogP contribution < -0.4 is 9.64 Å². The predicted octanol–water partition coefficient (Wildman–Crippen LogP) is 4.75. The fraction of sp³-hybridized carbons (Fsp3) is 0.286. The Labute approximate surface area is 203 Å². The topological polar surface area (TPSA) is 67.6 Å². The number of halogens is 1. The minimum Gasteiger partial charge on any atom is -0.490 e. The van der Waals surface area contributed by atoms with Crippen LogP contribution in [0.2, 0.25) is 0 Å². The number of aromatic nitrogens is 2. The molecule has 0 bridgehead atoms. The molecule has 0 unspecified atom stereocenters. The fourth-order valence-corrected chi connectivity index (χ4v) is 4.85. The maximum atomic E-state index is 14.4. The van der Waals surface area contributed by atoms with E-state index in [1.165, 1.54) is 11.0 Å². The van der Waals surface area contributed by atoms with Crippen LogP contribution in [0, 0.1) is 19.7 Å². The molecule has 0 spiro atoms. The van der Waals surface area contributed by atoms with Crippen molar-refractivity contribution in [2.24, 2.45) is 0 Å². The number of aliphatic hydroxyl groups excluding tert-OH is 1. The molecule has 1 saturated heterocycles. The number of anilines is 1. The SMILES string of the molecule is Cc1cccc(C)c1OC[C@H](O)Cn1c([C@@H]2CC(=O)N(c3ccccc3F)C2)nc2ccccc21. The molecule has 3 aromatic carbocycles. The van der Waals surface area contributed by atoms with Gasteiger partial charge < -0.3 is 19.3 Å². The number of para-hydroxylation sites is 4. The molecular weight excluding hydrogens is 445 g/mol. The number of aliphatic hydroxyl groups is 1. The van der Waals surface area contributed by atoms with E-state index in [-0.39, 0.29) is 37.1 Å². The van der Waals surface area contributed by atoms with Gasteiger partial charge in [0.05, 0.1) is 23.3 Å². The summed E-state index contributed by atoms with van der Waals surface area (Å²) in [6.07, 6.45) is -0.558. The lowest BCUT2D eigenvalue weighted by Crippen LogP contribution is -2.27. The van der Waals surface area contributed by atoms with Gasteiger partial charge in [-0.2, -0.15) is 0 Å². The van der Waals surface area contributed by atoms with E-state index in [0.29, 0.717) is 12.4 Å². The van der Waals surface area contributed by atoms with Gasteiger partial charge in [0, 0.05) is 18.9 Å². The van der Waals surface area contributed by atoms with E-state index in [9.17, 15) is 14.3 Å². The second-order valence-electron chi connectivity index (χ2n) is 9.11. The second-order valence-corrected chi connectivity index (χ2v) is 9.11. The maximum absolute atomic E-state index is 14.4. The first-order chi connectivity index (χ1) is 16.9. The van der Waals surface area contributed by atoms with E-state index in [4.69, 9.17) is 9.72 Å². The number of carbonyl (C=O) groups is 1. The van der Waals surface area contributed by atoms with Crippen LogP contribution in [-0.4, -0.2) is 39.8 Å². The van der Waals surface area contributed by atoms with Gasteiger partial charge in [0.1, 0.15) is 30.1 Å². The summed E-state index contributed by atoms with van der Waals surface area (Å²) in [6, 6.07) is 20.0. The summed E-state index contributed by atoms with van der Waals surface area (Å²) in [5.41, 5.74) is 3.99. The van der Waals surface area contributed by atoms with Gasteiger partial charge >= 0.3 is 0 Å². The maximum Gasteiger partial charge on any atom is 0.227 e. The zero-order chi connectivity index (χ0) is 24.5. The minimum absolute atomic E-state index is 0.128. The van der Waals surface area contributed by atoms with Crippen molar-refractivity contribution in [2.45, 2.75) is 38.8 Å². The van der Waals surface area contributed by atoms with Crippen molar-refractivity contribution in [3.63, 3.8) is 0 Å². The molecule has 7 heteroatoms. The summed E-state index contributed by atoms with van der Waals surface area (Å²) in [5.74, 6) is 0.710. The number of rotatable bonds is 7. The Morgan fingerprint density at radius 1 is 1.06 bits per heavy atom. The molecule has 2 atom stereocenters. The van der Waals surface area contributed by atoms with Crippen molar-refractivity contribution in [1.82, 2.24) is 9.55 Å². The average Bonchev–Trinajstić information content (AvgIpc) is 3.39. The minimum atomic E-state index is -0.787. The molecule has 180 valence electrons. The molecule has 4 aromatic rings. The monoisotopic (exact) mass is 473 g/mol. The van der Waals surface area contributed by atoms with Crippen LogP contribution in [0.15, 0.2) is 66.7 Å². The predicted molar refractivity (Wildman–Crippen MR) is 133 cm³/mol. The third-order valence-electron chi connectivity index (χ3n) is 6.54. The van der Waals surface area contributed by atoms with Crippen LogP contribution >= 0.6 is 0 Å². The lowest BCUT2D eigenvalue weighted by molar-refractivity contribution is -0.117. The summed E-state index contributed by atoms with van der Waals surface area (Å²) >= 11 is 0. The number of imidazole rings is 1. The number of aryl methyl sites for hydroxylation is 2. The van der Waals surface area contributed by atoms with Crippen molar-refractivity contribution in [2.75, 3.05) is 18.1 Å².